The van der Waals surface area contributed by atoms with E-state index in [9.17, 15) is 0 Å². The van der Waals surface area contributed by atoms with Crippen LogP contribution in [-0.2, 0) is 0 Å². The van der Waals surface area contributed by atoms with Gasteiger partial charge in [0.25, 0.3) is 0 Å². The van der Waals surface area contributed by atoms with E-state index in [1.54, 1.807) is 12.1 Å². The molecule has 0 unspecified atom stereocenters. The summed E-state index contributed by atoms with van der Waals surface area (Å²) >= 11 is 0. The largest absolute Gasteiger partial charge is 0.492 e. The number of rotatable bonds is 5. The fraction of sp³-hybridized carbons (Fsp3) is 0.417. The van der Waals surface area contributed by atoms with E-state index in [0.29, 0.717) is 17.9 Å². The molecule has 0 amide bonds. The van der Waals surface area contributed by atoms with Crippen molar-refractivity contribution in [2.75, 3.05) is 6.61 Å². The Balaban J connectivity index is 2.46. The number of nitriles is 1. The van der Waals surface area contributed by atoms with Gasteiger partial charge in [-0.05, 0) is 12.5 Å². The summed E-state index contributed by atoms with van der Waals surface area (Å²) in [6.07, 6.45) is 3.38. The van der Waals surface area contributed by atoms with Crippen molar-refractivity contribution in [3.63, 3.8) is 0 Å². The zero-order valence-electron chi connectivity index (χ0n) is 8.42. The summed E-state index contributed by atoms with van der Waals surface area (Å²) in [5, 5.41) is 8.76. The van der Waals surface area contributed by atoms with Crippen molar-refractivity contribution in [1.82, 2.24) is 0 Å². The molecule has 0 aliphatic heterocycles. The van der Waals surface area contributed by atoms with Crippen molar-refractivity contribution in [2.45, 2.75) is 26.2 Å². The average molecular weight is 188 g/mol. The van der Waals surface area contributed by atoms with Crippen LogP contribution in [0.3, 0.4) is 0 Å². The summed E-state index contributed by atoms with van der Waals surface area (Å²) in [5.74, 6) is 0.645. The highest BCUT2D eigenvalue weighted by atomic mass is 16.5. The van der Waals surface area contributed by atoms with Gasteiger partial charge in [-0.3, -0.25) is 0 Å². The Morgan fingerprint density at radius 2 is 2.36 bits per heavy atom. The molecule has 0 heterocycles. The molecule has 1 aromatic rings. The molecule has 1 rings (SSSR count). The number of nitrogens with zero attached hydrogens (tertiary/aromatic N) is 1. The minimum absolute atomic E-state index is 0.490. The van der Waals surface area contributed by atoms with Crippen molar-refractivity contribution in [1.29, 1.82) is 5.26 Å². The van der Waals surface area contributed by atoms with Crippen LogP contribution in [0.4, 0.5) is 0 Å². The Labute approximate surface area is 85.1 Å². The topological polar surface area (TPSA) is 33.0 Å². The SMILES string of the molecule is CCCCCOc1ccc[c]c1C#N. The lowest BCUT2D eigenvalue weighted by Crippen LogP contribution is -1.98. The predicted octanol–water partition coefficient (Wildman–Crippen LogP) is 2.93. The van der Waals surface area contributed by atoms with Crippen LogP contribution < -0.4 is 4.74 Å². The second-order valence-corrected chi connectivity index (χ2v) is 3.08. The van der Waals surface area contributed by atoms with Gasteiger partial charge < -0.3 is 4.74 Å². The average Bonchev–Trinajstić information content (AvgIpc) is 2.25. The number of hydrogen-bond acceptors (Lipinski definition) is 2. The molecular weight excluding hydrogens is 174 g/mol. The third kappa shape index (κ3) is 3.10. The zero-order chi connectivity index (χ0) is 10.2. The third-order valence-electron chi connectivity index (χ3n) is 1.94. The summed E-state index contributed by atoms with van der Waals surface area (Å²) in [6, 6.07) is 10.3. The van der Waals surface area contributed by atoms with Crippen LogP contribution in [0.2, 0.25) is 0 Å². The number of hydrogen-bond donors (Lipinski definition) is 0. The van der Waals surface area contributed by atoms with Gasteiger partial charge in [-0.15, -0.1) is 0 Å². The van der Waals surface area contributed by atoms with Crippen LogP contribution in [0.5, 0.6) is 5.75 Å². The first-order valence-electron chi connectivity index (χ1n) is 4.92. The van der Waals surface area contributed by atoms with E-state index < -0.39 is 0 Å². The van der Waals surface area contributed by atoms with Gasteiger partial charge in [0, 0.05) is 6.07 Å². The lowest BCUT2D eigenvalue weighted by atomic mass is 10.2. The molecule has 0 aromatic heterocycles. The molecule has 14 heavy (non-hydrogen) atoms. The van der Waals surface area contributed by atoms with Crippen LogP contribution in [0.25, 0.3) is 0 Å². The van der Waals surface area contributed by atoms with Gasteiger partial charge in [0.1, 0.15) is 17.4 Å². The molecule has 1 radical (unpaired) electrons. The lowest BCUT2D eigenvalue weighted by Gasteiger charge is -2.06. The number of ether oxygens (including phenoxy) is 1. The van der Waals surface area contributed by atoms with E-state index >= 15 is 0 Å². The molecule has 0 aliphatic rings. The Bertz CT molecular complexity index is 314. The first kappa shape index (κ1) is 10.6. The molecule has 2 nitrogen and oxygen atoms in total. The predicted molar refractivity (Wildman–Crippen MR) is 55.0 cm³/mol. The number of unbranched alkanes of at least 4 members (excludes halogenated alkanes) is 2. The van der Waals surface area contributed by atoms with E-state index in [2.05, 4.69) is 19.1 Å². The molecule has 0 saturated heterocycles. The summed E-state index contributed by atoms with van der Waals surface area (Å²) < 4.78 is 5.48. The molecule has 0 N–H and O–H groups in total. The Morgan fingerprint density at radius 3 is 3.07 bits per heavy atom. The van der Waals surface area contributed by atoms with Gasteiger partial charge in [-0.25, -0.2) is 0 Å². The highest BCUT2D eigenvalue weighted by molar-refractivity contribution is 5.41. The Kier molecular flexibility index (Phi) is 4.57. The van der Waals surface area contributed by atoms with Gasteiger partial charge >= 0.3 is 0 Å². The highest BCUT2D eigenvalue weighted by Gasteiger charge is 2.00. The highest BCUT2D eigenvalue weighted by Crippen LogP contribution is 2.16. The van der Waals surface area contributed by atoms with Crippen molar-refractivity contribution < 1.29 is 4.74 Å². The monoisotopic (exact) mass is 188 g/mol. The van der Waals surface area contributed by atoms with E-state index in [-0.39, 0.29) is 0 Å². The fourth-order valence-electron chi connectivity index (χ4n) is 1.16. The molecule has 0 spiro atoms. The first-order chi connectivity index (χ1) is 6.88. The maximum Gasteiger partial charge on any atom is 0.137 e. The van der Waals surface area contributed by atoms with E-state index in [1.165, 1.54) is 12.8 Å². The first-order valence-corrected chi connectivity index (χ1v) is 4.92. The fourth-order valence-corrected chi connectivity index (χ4v) is 1.16. The third-order valence-corrected chi connectivity index (χ3v) is 1.94. The molecule has 0 atom stereocenters. The minimum Gasteiger partial charge on any atom is -0.492 e. The van der Waals surface area contributed by atoms with Crippen LogP contribution in [0, 0.1) is 17.4 Å². The second-order valence-electron chi connectivity index (χ2n) is 3.08. The smallest absolute Gasteiger partial charge is 0.137 e. The second kappa shape index (κ2) is 6.04. The minimum atomic E-state index is 0.490. The molecule has 73 valence electrons. The van der Waals surface area contributed by atoms with Gasteiger partial charge in [0.05, 0.1) is 6.61 Å². The van der Waals surface area contributed by atoms with E-state index in [1.807, 2.05) is 6.07 Å². The van der Waals surface area contributed by atoms with Gasteiger partial charge in [0.15, 0.2) is 0 Å². The molecular formula is C12H14NO. The summed E-state index contributed by atoms with van der Waals surface area (Å²) in [4.78, 5) is 0. The molecule has 0 fully saturated rings. The summed E-state index contributed by atoms with van der Waals surface area (Å²) in [7, 11) is 0. The van der Waals surface area contributed by atoms with Crippen LogP contribution >= 0.6 is 0 Å². The van der Waals surface area contributed by atoms with Crippen LogP contribution in [-0.4, -0.2) is 6.61 Å². The van der Waals surface area contributed by atoms with Crippen LogP contribution in [0.1, 0.15) is 31.7 Å². The van der Waals surface area contributed by atoms with E-state index in [4.69, 9.17) is 10.00 Å². The van der Waals surface area contributed by atoms with Crippen molar-refractivity contribution in [2.24, 2.45) is 0 Å². The number of benzene rings is 1. The maximum atomic E-state index is 8.76. The van der Waals surface area contributed by atoms with Gasteiger partial charge in [-0.2, -0.15) is 5.26 Å². The summed E-state index contributed by atoms with van der Waals surface area (Å²) in [6.45, 7) is 2.83. The molecule has 0 bridgehead atoms. The molecule has 0 aliphatic carbocycles. The van der Waals surface area contributed by atoms with E-state index in [0.717, 1.165) is 6.42 Å². The zero-order valence-corrected chi connectivity index (χ0v) is 8.42. The van der Waals surface area contributed by atoms with Gasteiger partial charge in [0.2, 0.25) is 0 Å². The Morgan fingerprint density at radius 1 is 1.50 bits per heavy atom. The quantitative estimate of drug-likeness (QED) is 0.665. The van der Waals surface area contributed by atoms with Crippen molar-refractivity contribution >= 4 is 0 Å². The normalized spacial score (nSPS) is 9.43. The van der Waals surface area contributed by atoms with Gasteiger partial charge in [-0.1, -0.05) is 31.9 Å². The summed E-state index contributed by atoms with van der Waals surface area (Å²) in [5.41, 5.74) is 0.490. The maximum absolute atomic E-state index is 8.76. The standard InChI is InChI=1S/C12H14NO/c1-2-3-6-9-14-12-8-5-4-7-11(12)10-13/h4-5,8H,2-3,6,9H2,1H3. The Hall–Kier alpha value is -1.49. The van der Waals surface area contributed by atoms with Crippen LogP contribution in [0.15, 0.2) is 18.2 Å². The van der Waals surface area contributed by atoms with Crippen molar-refractivity contribution in [3.8, 4) is 11.8 Å². The lowest BCUT2D eigenvalue weighted by molar-refractivity contribution is 0.305. The molecule has 0 saturated carbocycles. The molecule has 2 heteroatoms. The van der Waals surface area contributed by atoms with Crippen molar-refractivity contribution in [3.05, 3.63) is 29.8 Å². The molecule has 1 aromatic carbocycles.